The van der Waals surface area contributed by atoms with E-state index >= 15 is 0 Å². The Morgan fingerprint density at radius 2 is 1.72 bits per heavy atom. The van der Waals surface area contributed by atoms with E-state index in [1.165, 1.54) is 25.3 Å². The smallest absolute Gasteiger partial charge is 0.469 e. The van der Waals surface area contributed by atoms with Crippen LogP contribution in [-0.2, 0) is 16.0 Å². The monoisotopic (exact) mass is 348 g/mol. The van der Waals surface area contributed by atoms with E-state index in [4.69, 9.17) is 0 Å². The van der Waals surface area contributed by atoms with Crippen molar-refractivity contribution in [2.75, 3.05) is 7.11 Å². The number of ether oxygens (including phenoxy) is 2. The molecule has 0 amide bonds. The lowest BCUT2D eigenvalue weighted by Crippen LogP contribution is -2.17. The summed E-state index contributed by atoms with van der Waals surface area (Å²) in [5.74, 6) is 4.86. The first-order valence-corrected chi connectivity index (χ1v) is 7.40. The second-order valence-corrected chi connectivity index (χ2v) is 5.07. The molecule has 2 aromatic carbocycles. The fourth-order valence-electron chi connectivity index (χ4n) is 2.03. The van der Waals surface area contributed by atoms with Crippen LogP contribution in [-0.4, -0.2) is 19.4 Å². The van der Waals surface area contributed by atoms with Crippen LogP contribution in [0.3, 0.4) is 0 Å². The molecule has 0 saturated heterocycles. The first kappa shape index (κ1) is 18.4. The maximum absolute atomic E-state index is 12.4. The normalized spacial score (nSPS) is 10.6. The molecule has 0 bridgehead atoms. The topological polar surface area (TPSA) is 35.5 Å². The van der Waals surface area contributed by atoms with Crippen molar-refractivity contribution in [3.63, 3.8) is 0 Å². The van der Waals surface area contributed by atoms with Crippen molar-refractivity contribution in [3.8, 4) is 17.6 Å². The van der Waals surface area contributed by atoms with Crippen molar-refractivity contribution in [2.24, 2.45) is 0 Å². The summed E-state index contributed by atoms with van der Waals surface area (Å²) < 4.78 is 45.7. The summed E-state index contributed by atoms with van der Waals surface area (Å²) in [7, 11) is 1.33. The molecule has 25 heavy (non-hydrogen) atoms. The van der Waals surface area contributed by atoms with Gasteiger partial charge in [-0.25, -0.2) is 0 Å². The third-order valence-corrected chi connectivity index (χ3v) is 3.25. The number of hydrogen-bond donors (Lipinski definition) is 0. The molecule has 6 heteroatoms. The van der Waals surface area contributed by atoms with Crippen LogP contribution in [0.4, 0.5) is 13.2 Å². The third kappa shape index (κ3) is 6.22. The maximum atomic E-state index is 12.4. The van der Waals surface area contributed by atoms with Crippen molar-refractivity contribution < 1.29 is 27.4 Å². The lowest BCUT2D eigenvalue weighted by Gasteiger charge is -2.09. The molecule has 0 aromatic heterocycles. The van der Waals surface area contributed by atoms with Gasteiger partial charge in [-0.1, -0.05) is 36.1 Å². The predicted octanol–water partition coefficient (Wildman–Crippen LogP) is 4.09. The van der Waals surface area contributed by atoms with Gasteiger partial charge in [-0.15, -0.1) is 13.2 Å². The van der Waals surface area contributed by atoms with Gasteiger partial charge in [-0.3, -0.25) is 4.79 Å². The van der Waals surface area contributed by atoms with Gasteiger partial charge in [0.25, 0.3) is 0 Å². The van der Waals surface area contributed by atoms with Crippen LogP contribution < -0.4 is 4.74 Å². The molecule has 2 rings (SSSR count). The molecular weight excluding hydrogens is 333 g/mol. The average Bonchev–Trinajstić information content (AvgIpc) is 2.58. The molecule has 0 saturated carbocycles. The molecule has 2 aromatic rings. The maximum Gasteiger partial charge on any atom is 0.573 e. The zero-order valence-corrected chi connectivity index (χ0v) is 13.4. The number of hydrogen-bond acceptors (Lipinski definition) is 3. The summed E-state index contributed by atoms with van der Waals surface area (Å²) in [5.41, 5.74) is 1.73. The third-order valence-electron chi connectivity index (χ3n) is 3.25. The lowest BCUT2D eigenvalue weighted by molar-refractivity contribution is -0.274. The van der Waals surface area contributed by atoms with Gasteiger partial charge in [0.15, 0.2) is 0 Å². The second kappa shape index (κ2) is 8.25. The van der Waals surface area contributed by atoms with Crippen LogP contribution in [0.5, 0.6) is 5.75 Å². The highest BCUT2D eigenvalue weighted by molar-refractivity contribution is 5.69. The largest absolute Gasteiger partial charge is 0.573 e. The van der Waals surface area contributed by atoms with E-state index in [1.54, 1.807) is 18.2 Å². The molecule has 0 aliphatic carbocycles. The summed E-state index contributed by atoms with van der Waals surface area (Å²) in [6.07, 6.45) is -3.94. The van der Waals surface area contributed by atoms with Gasteiger partial charge in [0.2, 0.25) is 0 Å². The van der Waals surface area contributed by atoms with Crippen molar-refractivity contribution >= 4 is 5.97 Å². The lowest BCUT2D eigenvalue weighted by atomic mass is 10.1. The van der Waals surface area contributed by atoms with Gasteiger partial charge < -0.3 is 9.47 Å². The molecule has 3 nitrogen and oxygen atoms in total. The Bertz CT molecular complexity index is 784. The second-order valence-electron chi connectivity index (χ2n) is 5.07. The van der Waals surface area contributed by atoms with Crippen molar-refractivity contribution in [1.29, 1.82) is 0 Å². The molecule has 0 radical (unpaired) electrons. The van der Waals surface area contributed by atoms with E-state index < -0.39 is 6.36 Å². The highest BCUT2D eigenvalue weighted by Crippen LogP contribution is 2.25. The number of aryl methyl sites for hydroxylation is 1. The van der Waals surface area contributed by atoms with E-state index in [0.29, 0.717) is 12.0 Å². The number of methoxy groups -OCH3 is 1. The van der Waals surface area contributed by atoms with Crippen LogP contribution in [0.25, 0.3) is 0 Å². The highest BCUT2D eigenvalue weighted by Gasteiger charge is 2.31. The first-order chi connectivity index (χ1) is 11.9. The van der Waals surface area contributed by atoms with Crippen LogP contribution in [0, 0.1) is 11.8 Å². The zero-order chi connectivity index (χ0) is 18.3. The van der Waals surface area contributed by atoms with E-state index in [1.807, 2.05) is 12.1 Å². The number of halogens is 3. The first-order valence-electron chi connectivity index (χ1n) is 7.40. The molecule has 0 aliphatic heterocycles. The van der Waals surface area contributed by atoms with Crippen LogP contribution in [0.2, 0.25) is 0 Å². The van der Waals surface area contributed by atoms with E-state index in [-0.39, 0.29) is 23.7 Å². The summed E-state index contributed by atoms with van der Waals surface area (Å²) >= 11 is 0. The van der Waals surface area contributed by atoms with Crippen molar-refractivity contribution in [2.45, 2.75) is 19.2 Å². The number of rotatable bonds is 4. The molecule has 130 valence electrons. The van der Waals surface area contributed by atoms with Crippen LogP contribution >= 0.6 is 0 Å². The summed E-state index contributed by atoms with van der Waals surface area (Å²) in [6, 6.07) is 12.8. The molecule has 0 unspecified atom stereocenters. The Morgan fingerprint density at radius 1 is 1.04 bits per heavy atom. The fourth-order valence-corrected chi connectivity index (χ4v) is 2.03. The summed E-state index contributed by atoms with van der Waals surface area (Å²) in [4.78, 5) is 11.1. The van der Waals surface area contributed by atoms with Crippen molar-refractivity contribution in [3.05, 3.63) is 65.2 Å². The minimum atomic E-state index is -4.76. The molecule has 0 heterocycles. The zero-order valence-electron chi connectivity index (χ0n) is 13.4. The number of carbonyl (C=O) groups is 1. The Kier molecular flexibility index (Phi) is 6.07. The Balaban J connectivity index is 2.10. The summed E-state index contributed by atoms with van der Waals surface area (Å²) in [5, 5.41) is 0. The number of para-hydroxylation sites is 1. The van der Waals surface area contributed by atoms with Gasteiger partial charge in [-0.2, -0.15) is 0 Å². The van der Waals surface area contributed by atoms with Gasteiger partial charge in [0, 0.05) is 12.0 Å². The van der Waals surface area contributed by atoms with Gasteiger partial charge in [0.05, 0.1) is 12.7 Å². The van der Waals surface area contributed by atoms with Gasteiger partial charge >= 0.3 is 12.3 Å². The molecule has 0 spiro atoms. The van der Waals surface area contributed by atoms with Gasteiger partial charge in [-0.05, 0) is 36.2 Å². The quantitative estimate of drug-likeness (QED) is 0.617. The van der Waals surface area contributed by atoms with Crippen molar-refractivity contribution in [1.82, 2.24) is 0 Å². The fraction of sp³-hybridized carbons (Fsp3) is 0.211. The summed E-state index contributed by atoms with van der Waals surface area (Å²) in [6.45, 7) is 0. The van der Waals surface area contributed by atoms with Gasteiger partial charge in [0.1, 0.15) is 5.75 Å². The Hall–Kier alpha value is -2.94. The highest BCUT2D eigenvalue weighted by atomic mass is 19.4. The van der Waals surface area contributed by atoms with E-state index in [0.717, 1.165) is 5.56 Å². The molecule has 0 aliphatic rings. The molecule has 0 atom stereocenters. The predicted molar refractivity (Wildman–Crippen MR) is 85.9 cm³/mol. The minimum absolute atomic E-state index is 0.148. The Labute approximate surface area is 143 Å². The van der Waals surface area contributed by atoms with E-state index in [9.17, 15) is 18.0 Å². The average molecular weight is 348 g/mol. The molecule has 0 fully saturated rings. The number of esters is 1. The Morgan fingerprint density at radius 3 is 2.36 bits per heavy atom. The SMILES string of the molecule is COC(=O)CCc1ccc(C#Cc2ccccc2OC(F)(F)F)cc1. The van der Waals surface area contributed by atoms with Crippen LogP contribution in [0.1, 0.15) is 23.1 Å². The molecule has 0 N–H and O–H groups in total. The number of alkyl halides is 3. The minimum Gasteiger partial charge on any atom is -0.469 e. The standard InChI is InChI=1S/C19H15F3O3/c1-24-18(23)13-11-15-8-6-14(7-9-15)10-12-16-4-2-3-5-17(16)25-19(20,21)22/h2-9H,11,13H2,1H3. The number of carbonyl (C=O) groups excluding carboxylic acids is 1. The molecular formula is C19H15F3O3. The number of benzene rings is 2. The van der Waals surface area contributed by atoms with Crippen LogP contribution in [0.15, 0.2) is 48.5 Å². The van der Waals surface area contributed by atoms with E-state index in [2.05, 4.69) is 21.3 Å².